The highest BCUT2D eigenvalue weighted by molar-refractivity contribution is 6.05. The number of imide groups is 1. The van der Waals surface area contributed by atoms with E-state index in [9.17, 15) is 14.4 Å². The Hall–Kier alpha value is -5.10. The summed E-state index contributed by atoms with van der Waals surface area (Å²) < 4.78 is 7.88. The molecule has 2 saturated heterocycles. The highest BCUT2D eigenvalue weighted by atomic mass is 16.5. The molecule has 12 nitrogen and oxygen atoms in total. The number of anilines is 1. The fourth-order valence-electron chi connectivity index (χ4n) is 6.16. The minimum absolute atomic E-state index is 0.207. The molecule has 0 unspecified atom stereocenters. The quantitative estimate of drug-likeness (QED) is 0.301. The van der Waals surface area contributed by atoms with Crippen molar-refractivity contribution in [1.29, 1.82) is 0 Å². The van der Waals surface area contributed by atoms with E-state index in [1.54, 1.807) is 28.0 Å². The van der Waals surface area contributed by atoms with Gasteiger partial charge in [-0.1, -0.05) is 36.4 Å². The molecule has 0 saturated carbocycles. The lowest BCUT2D eigenvalue weighted by atomic mass is 10.0. The van der Waals surface area contributed by atoms with Crippen molar-refractivity contribution in [3.8, 4) is 11.6 Å². The van der Waals surface area contributed by atoms with Crippen LogP contribution in [0.3, 0.4) is 0 Å². The van der Waals surface area contributed by atoms with Crippen molar-refractivity contribution in [2.75, 3.05) is 31.1 Å². The highest BCUT2D eigenvalue weighted by Crippen LogP contribution is 2.34. The number of hydrogen-bond acceptors (Lipinski definition) is 9. The van der Waals surface area contributed by atoms with Crippen molar-refractivity contribution in [3.63, 3.8) is 0 Å². The van der Waals surface area contributed by atoms with Crippen LogP contribution in [0.25, 0.3) is 5.82 Å². The molecule has 0 aliphatic carbocycles. The molecule has 4 aromatic rings. The van der Waals surface area contributed by atoms with Crippen molar-refractivity contribution in [2.24, 2.45) is 0 Å². The van der Waals surface area contributed by atoms with Crippen molar-refractivity contribution >= 4 is 23.5 Å². The van der Waals surface area contributed by atoms with Crippen LogP contribution >= 0.6 is 0 Å². The van der Waals surface area contributed by atoms with Crippen molar-refractivity contribution < 1.29 is 19.1 Å². The summed E-state index contributed by atoms with van der Waals surface area (Å²) in [5.74, 6) is 2.14. The Morgan fingerprint density at radius 3 is 2.42 bits per heavy atom. The number of aryl methyl sites for hydroxylation is 1. The molecule has 7 rings (SSSR count). The van der Waals surface area contributed by atoms with Crippen molar-refractivity contribution in [3.05, 3.63) is 95.1 Å². The second kappa shape index (κ2) is 12.1. The number of carbonyl (C=O) groups excluding carboxylic acids is 3. The zero-order valence-electron chi connectivity index (χ0n) is 25.1. The van der Waals surface area contributed by atoms with Gasteiger partial charge in [-0.25, -0.2) is 14.6 Å². The maximum absolute atomic E-state index is 13.1. The predicted octanol–water partition coefficient (Wildman–Crippen LogP) is 2.63. The second-order valence-corrected chi connectivity index (χ2v) is 11.6. The molecule has 1 atom stereocenters. The number of fused-ring (bicyclic) bond motifs is 1. The molecule has 2 aromatic carbocycles. The molecule has 2 fully saturated rings. The van der Waals surface area contributed by atoms with Gasteiger partial charge in [-0.2, -0.15) is 5.10 Å². The molecule has 2 aromatic heterocycles. The number of aromatic nitrogens is 4. The molecule has 45 heavy (non-hydrogen) atoms. The van der Waals surface area contributed by atoms with E-state index in [4.69, 9.17) is 9.72 Å². The first-order chi connectivity index (χ1) is 21.9. The second-order valence-electron chi connectivity index (χ2n) is 11.6. The van der Waals surface area contributed by atoms with E-state index < -0.39 is 11.9 Å². The van der Waals surface area contributed by atoms with Gasteiger partial charge in [0.25, 0.3) is 5.91 Å². The summed E-state index contributed by atoms with van der Waals surface area (Å²) in [5.41, 5.74) is 3.58. The zero-order valence-corrected chi connectivity index (χ0v) is 25.1. The number of carbonyl (C=O) groups is 3. The number of rotatable bonds is 8. The van der Waals surface area contributed by atoms with E-state index in [-0.39, 0.29) is 24.8 Å². The molecule has 230 valence electrons. The average Bonchev–Trinajstić information content (AvgIpc) is 3.64. The Morgan fingerprint density at radius 2 is 1.67 bits per heavy atom. The standard InChI is InChI=1S/C33H34N8O4/c1-22-34-21-41(37-22)30-7-3-6-29(35-30)39-16-14-38(15-17-39)18-23-8-10-24(11-9-23)20-45-28-5-2-4-25-26(28)19-40(33(25)44)27-12-13-31(42)36-32(27)43/h2-11,21,27H,12-20H2,1H3,(H,36,42,43)/t27-/m0/s1. The largest absolute Gasteiger partial charge is 0.489 e. The third-order valence-corrected chi connectivity index (χ3v) is 8.62. The molecular weight excluding hydrogens is 572 g/mol. The van der Waals surface area contributed by atoms with Crippen LogP contribution in [0.4, 0.5) is 5.82 Å². The van der Waals surface area contributed by atoms with Crippen LogP contribution in [0.5, 0.6) is 5.75 Å². The first-order valence-electron chi connectivity index (χ1n) is 15.2. The van der Waals surface area contributed by atoms with Crippen LogP contribution in [-0.2, 0) is 29.3 Å². The lowest BCUT2D eigenvalue weighted by Crippen LogP contribution is -2.52. The Morgan fingerprint density at radius 1 is 0.911 bits per heavy atom. The third kappa shape index (κ3) is 6.01. The lowest BCUT2D eigenvalue weighted by Gasteiger charge is -2.35. The smallest absolute Gasteiger partial charge is 0.255 e. The van der Waals surface area contributed by atoms with E-state index in [2.05, 4.69) is 49.5 Å². The summed E-state index contributed by atoms with van der Waals surface area (Å²) in [6.07, 6.45) is 2.24. The number of benzene rings is 2. The Bertz CT molecular complexity index is 1750. The van der Waals surface area contributed by atoms with Gasteiger partial charge in [0.2, 0.25) is 11.8 Å². The Balaban J connectivity index is 0.919. The van der Waals surface area contributed by atoms with Gasteiger partial charge in [-0.3, -0.25) is 24.6 Å². The summed E-state index contributed by atoms with van der Waals surface area (Å²) in [7, 11) is 0. The van der Waals surface area contributed by atoms with Crippen LogP contribution in [0.2, 0.25) is 0 Å². The number of ether oxygens (including phenoxy) is 1. The first-order valence-corrected chi connectivity index (χ1v) is 15.2. The number of piperidine rings is 1. The van der Waals surface area contributed by atoms with Crippen LogP contribution in [-0.4, -0.2) is 79.5 Å². The fraction of sp³-hybridized carbons (Fsp3) is 0.333. The Kier molecular flexibility index (Phi) is 7.72. The molecule has 3 aliphatic rings. The van der Waals surface area contributed by atoms with Gasteiger partial charge in [0.1, 0.15) is 36.4 Å². The van der Waals surface area contributed by atoms with Crippen molar-refractivity contribution in [1.82, 2.24) is 34.9 Å². The van der Waals surface area contributed by atoms with Gasteiger partial charge in [0, 0.05) is 50.3 Å². The first kappa shape index (κ1) is 28.7. The van der Waals surface area contributed by atoms with Crippen LogP contribution in [0.1, 0.15) is 45.7 Å². The predicted molar refractivity (Wildman–Crippen MR) is 165 cm³/mol. The van der Waals surface area contributed by atoms with Crippen LogP contribution in [0, 0.1) is 6.92 Å². The van der Waals surface area contributed by atoms with E-state index >= 15 is 0 Å². The molecule has 1 N–H and O–H groups in total. The summed E-state index contributed by atoms with van der Waals surface area (Å²) >= 11 is 0. The molecule has 3 amide bonds. The summed E-state index contributed by atoms with van der Waals surface area (Å²) in [6.45, 7) is 7.04. The molecule has 0 radical (unpaired) electrons. The minimum atomic E-state index is -0.649. The van der Waals surface area contributed by atoms with Crippen molar-refractivity contribution in [2.45, 2.75) is 45.5 Å². The number of piperazine rings is 1. The van der Waals surface area contributed by atoms with Gasteiger partial charge in [0.15, 0.2) is 5.82 Å². The zero-order chi connectivity index (χ0) is 30.9. The maximum Gasteiger partial charge on any atom is 0.255 e. The average molecular weight is 607 g/mol. The lowest BCUT2D eigenvalue weighted by molar-refractivity contribution is -0.136. The molecule has 5 heterocycles. The number of nitrogens with zero attached hydrogens (tertiary/aromatic N) is 7. The minimum Gasteiger partial charge on any atom is -0.489 e. The monoisotopic (exact) mass is 606 g/mol. The molecule has 0 bridgehead atoms. The van der Waals surface area contributed by atoms with E-state index in [0.717, 1.165) is 55.5 Å². The molecule has 0 spiro atoms. The van der Waals surface area contributed by atoms with Crippen LogP contribution < -0.4 is 15.0 Å². The van der Waals surface area contributed by atoms with E-state index in [1.807, 2.05) is 31.2 Å². The van der Waals surface area contributed by atoms with E-state index in [1.165, 1.54) is 5.56 Å². The summed E-state index contributed by atoms with van der Waals surface area (Å²) in [5, 5.41) is 6.72. The number of amides is 3. The highest BCUT2D eigenvalue weighted by Gasteiger charge is 2.40. The van der Waals surface area contributed by atoms with Gasteiger partial charge in [-0.05, 0) is 48.7 Å². The molecular formula is C33H34N8O4. The van der Waals surface area contributed by atoms with Gasteiger partial charge in [-0.15, -0.1) is 0 Å². The number of nitrogens with one attached hydrogen (secondary N) is 1. The summed E-state index contributed by atoms with van der Waals surface area (Å²) in [4.78, 5) is 52.4. The van der Waals surface area contributed by atoms with Gasteiger partial charge < -0.3 is 14.5 Å². The normalized spacial score (nSPS) is 18.7. The maximum atomic E-state index is 13.1. The fourth-order valence-corrected chi connectivity index (χ4v) is 6.16. The van der Waals surface area contributed by atoms with Gasteiger partial charge in [0.05, 0.1) is 6.54 Å². The third-order valence-electron chi connectivity index (χ3n) is 8.62. The molecule has 3 aliphatic heterocycles. The number of pyridine rings is 1. The Labute approximate surface area is 260 Å². The topological polar surface area (TPSA) is 126 Å². The molecule has 12 heteroatoms. The van der Waals surface area contributed by atoms with E-state index in [0.29, 0.717) is 30.2 Å². The summed E-state index contributed by atoms with van der Waals surface area (Å²) in [6, 6.07) is 19.2. The van der Waals surface area contributed by atoms with Gasteiger partial charge >= 0.3 is 0 Å². The number of hydrogen-bond donors (Lipinski definition) is 1. The SMILES string of the molecule is Cc1ncn(-c2cccc(N3CCN(Cc4ccc(COc5cccc6c5CN([C@H]5CCC(=O)NC5=O)C6=O)cc4)CC3)n2)n1. The van der Waals surface area contributed by atoms with Crippen LogP contribution in [0.15, 0.2) is 67.0 Å².